The number of carbonyl (C=O) groups excluding carboxylic acids is 1. The van der Waals surface area contributed by atoms with E-state index in [0.717, 1.165) is 0 Å². The van der Waals surface area contributed by atoms with Crippen LogP contribution in [0.4, 0.5) is 0 Å². The molecule has 18 heavy (non-hydrogen) atoms. The van der Waals surface area contributed by atoms with Gasteiger partial charge in [0.25, 0.3) is 5.91 Å². The zero-order valence-electron chi connectivity index (χ0n) is 9.72. The van der Waals surface area contributed by atoms with Crippen LogP contribution < -0.4 is 5.32 Å². The standard InChI is InChI=1S/C11H13ClN2O3S/c1-18-5-3-8(11(16)17)14-10(15)7-2-4-13-9(12)6-7/h2,4,6,8H,3,5H2,1H3,(H,14,15)(H,16,17)/t8-/m1/s1. The second kappa shape index (κ2) is 7.23. The topological polar surface area (TPSA) is 79.3 Å². The quantitative estimate of drug-likeness (QED) is 0.779. The SMILES string of the molecule is CSCC[C@@H](NC(=O)c1ccnc(Cl)c1)C(=O)O. The highest BCUT2D eigenvalue weighted by atomic mass is 35.5. The summed E-state index contributed by atoms with van der Waals surface area (Å²) in [6.07, 6.45) is 3.65. The fraction of sp³-hybridized carbons (Fsp3) is 0.364. The lowest BCUT2D eigenvalue weighted by Crippen LogP contribution is -2.41. The molecule has 0 spiro atoms. The molecule has 5 nitrogen and oxygen atoms in total. The number of nitrogens with zero attached hydrogens (tertiary/aromatic N) is 1. The van der Waals surface area contributed by atoms with E-state index in [9.17, 15) is 9.59 Å². The lowest BCUT2D eigenvalue weighted by Gasteiger charge is -2.13. The molecule has 1 amide bonds. The molecule has 0 aliphatic heterocycles. The first-order valence-electron chi connectivity index (χ1n) is 5.18. The van der Waals surface area contributed by atoms with Crippen LogP contribution in [0.2, 0.25) is 5.15 Å². The first kappa shape index (κ1) is 14.8. The minimum Gasteiger partial charge on any atom is -0.480 e. The van der Waals surface area contributed by atoms with Crippen LogP contribution in [0.5, 0.6) is 0 Å². The van der Waals surface area contributed by atoms with Crippen LogP contribution in [-0.4, -0.2) is 40.0 Å². The van der Waals surface area contributed by atoms with Crippen molar-refractivity contribution in [3.05, 3.63) is 29.0 Å². The monoisotopic (exact) mass is 288 g/mol. The molecule has 0 saturated heterocycles. The second-order valence-corrected chi connectivity index (χ2v) is 4.89. The van der Waals surface area contributed by atoms with E-state index in [1.54, 1.807) is 0 Å². The number of halogens is 1. The smallest absolute Gasteiger partial charge is 0.326 e. The van der Waals surface area contributed by atoms with Gasteiger partial charge in [-0.3, -0.25) is 4.79 Å². The molecule has 98 valence electrons. The van der Waals surface area contributed by atoms with Gasteiger partial charge in [-0.05, 0) is 30.6 Å². The first-order chi connectivity index (χ1) is 8.54. The van der Waals surface area contributed by atoms with Gasteiger partial charge < -0.3 is 10.4 Å². The molecule has 1 aromatic rings. The average Bonchev–Trinajstić information content (AvgIpc) is 2.33. The molecule has 0 aliphatic rings. The zero-order valence-corrected chi connectivity index (χ0v) is 11.3. The van der Waals surface area contributed by atoms with Gasteiger partial charge in [-0.25, -0.2) is 9.78 Å². The highest BCUT2D eigenvalue weighted by molar-refractivity contribution is 7.98. The Bertz CT molecular complexity index is 442. The van der Waals surface area contributed by atoms with Crippen LogP contribution >= 0.6 is 23.4 Å². The Morgan fingerprint density at radius 1 is 1.61 bits per heavy atom. The van der Waals surface area contributed by atoms with Crippen molar-refractivity contribution < 1.29 is 14.7 Å². The molecule has 1 heterocycles. The Hall–Kier alpha value is -1.27. The second-order valence-electron chi connectivity index (χ2n) is 3.51. The number of carbonyl (C=O) groups is 2. The van der Waals surface area contributed by atoms with Gasteiger partial charge in [0, 0.05) is 11.8 Å². The number of carboxylic acids is 1. The molecule has 0 radical (unpaired) electrons. The molecule has 1 rings (SSSR count). The van der Waals surface area contributed by atoms with E-state index in [4.69, 9.17) is 16.7 Å². The highest BCUT2D eigenvalue weighted by Gasteiger charge is 2.20. The normalized spacial score (nSPS) is 11.9. The number of amides is 1. The molecule has 7 heteroatoms. The van der Waals surface area contributed by atoms with Gasteiger partial charge in [-0.1, -0.05) is 11.6 Å². The number of aromatic nitrogens is 1. The van der Waals surface area contributed by atoms with E-state index >= 15 is 0 Å². The van der Waals surface area contributed by atoms with E-state index in [1.165, 1.54) is 30.1 Å². The fourth-order valence-electron chi connectivity index (χ4n) is 1.28. The lowest BCUT2D eigenvalue weighted by atomic mass is 10.2. The fourth-order valence-corrected chi connectivity index (χ4v) is 1.92. The van der Waals surface area contributed by atoms with Gasteiger partial charge in [-0.2, -0.15) is 11.8 Å². The summed E-state index contributed by atoms with van der Waals surface area (Å²) in [7, 11) is 0. The predicted molar refractivity (Wildman–Crippen MR) is 71.1 cm³/mol. The van der Waals surface area contributed by atoms with Crippen LogP contribution in [0.15, 0.2) is 18.3 Å². The third kappa shape index (κ3) is 4.54. The molecule has 0 fully saturated rings. The largest absolute Gasteiger partial charge is 0.480 e. The number of rotatable bonds is 6. The molecular weight excluding hydrogens is 276 g/mol. The van der Waals surface area contributed by atoms with Crippen molar-refractivity contribution in [2.24, 2.45) is 0 Å². The molecule has 0 unspecified atom stereocenters. The van der Waals surface area contributed by atoms with E-state index in [1.807, 2.05) is 6.26 Å². The number of hydrogen-bond donors (Lipinski definition) is 2. The lowest BCUT2D eigenvalue weighted by molar-refractivity contribution is -0.139. The molecule has 0 aliphatic carbocycles. The number of aliphatic carboxylic acids is 1. The van der Waals surface area contributed by atoms with Gasteiger partial charge in [0.15, 0.2) is 0 Å². The van der Waals surface area contributed by atoms with Crippen molar-refractivity contribution in [2.75, 3.05) is 12.0 Å². The van der Waals surface area contributed by atoms with Crippen LogP contribution in [0.1, 0.15) is 16.8 Å². The maximum absolute atomic E-state index is 11.8. The summed E-state index contributed by atoms with van der Waals surface area (Å²) in [6, 6.07) is 1.98. The Morgan fingerprint density at radius 3 is 2.89 bits per heavy atom. The van der Waals surface area contributed by atoms with Crippen molar-refractivity contribution in [1.29, 1.82) is 0 Å². The zero-order chi connectivity index (χ0) is 13.5. The van der Waals surface area contributed by atoms with Crippen LogP contribution in [0.3, 0.4) is 0 Å². The van der Waals surface area contributed by atoms with E-state index in [2.05, 4.69) is 10.3 Å². The average molecular weight is 289 g/mol. The molecular formula is C11H13ClN2O3S. The molecule has 1 aromatic heterocycles. The van der Waals surface area contributed by atoms with Crippen molar-refractivity contribution in [1.82, 2.24) is 10.3 Å². The summed E-state index contributed by atoms with van der Waals surface area (Å²) < 4.78 is 0. The van der Waals surface area contributed by atoms with E-state index in [0.29, 0.717) is 17.7 Å². The van der Waals surface area contributed by atoms with E-state index < -0.39 is 17.9 Å². The summed E-state index contributed by atoms with van der Waals surface area (Å²) in [5.41, 5.74) is 0.297. The number of nitrogens with one attached hydrogen (secondary N) is 1. The van der Waals surface area contributed by atoms with Gasteiger partial charge >= 0.3 is 5.97 Å². The maximum Gasteiger partial charge on any atom is 0.326 e. The minimum atomic E-state index is -1.04. The molecule has 0 saturated carbocycles. The summed E-state index contributed by atoms with van der Waals surface area (Å²) in [5.74, 6) is -0.848. The summed E-state index contributed by atoms with van der Waals surface area (Å²) in [6.45, 7) is 0. The summed E-state index contributed by atoms with van der Waals surface area (Å²) in [5, 5.41) is 11.6. The number of carboxylic acid groups (broad SMARTS) is 1. The summed E-state index contributed by atoms with van der Waals surface area (Å²) >= 11 is 7.19. The van der Waals surface area contributed by atoms with Gasteiger partial charge in [0.05, 0.1) is 0 Å². The van der Waals surface area contributed by atoms with Gasteiger partial charge in [-0.15, -0.1) is 0 Å². The highest BCUT2D eigenvalue weighted by Crippen LogP contribution is 2.08. The van der Waals surface area contributed by atoms with Crippen LogP contribution in [-0.2, 0) is 4.79 Å². The van der Waals surface area contributed by atoms with Crippen LogP contribution in [0.25, 0.3) is 0 Å². The Morgan fingerprint density at radius 2 is 2.33 bits per heavy atom. The van der Waals surface area contributed by atoms with Crippen LogP contribution in [0, 0.1) is 0 Å². The third-order valence-corrected chi connectivity index (χ3v) is 3.05. The molecule has 1 atom stereocenters. The molecule has 0 aromatic carbocycles. The first-order valence-corrected chi connectivity index (χ1v) is 6.96. The predicted octanol–water partition coefficient (Wildman–Crippen LogP) is 1.67. The Kier molecular flexibility index (Phi) is 5.94. The van der Waals surface area contributed by atoms with Crippen molar-refractivity contribution >= 4 is 35.2 Å². The Balaban J connectivity index is 2.69. The molecule has 2 N–H and O–H groups in total. The Labute approximate surface area is 114 Å². The number of hydrogen-bond acceptors (Lipinski definition) is 4. The van der Waals surface area contributed by atoms with Gasteiger partial charge in [0.1, 0.15) is 11.2 Å². The number of thioether (sulfide) groups is 1. The number of pyridine rings is 1. The molecule has 0 bridgehead atoms. The summed E-state index contributed by atoms with van der Waals surface area (Å²) in [4.78, 5) is 26.5. The third-order valence-electron chi connectivity index (χ3n) is 2.20. The van der Waals surface area contributed by atoms with Crippen molar-refractivity contribution in [3.63, 3.8) is 0 Å². The van der Waals surface area contributed by atoms with Crippen molar-refractivity contribution in [2.45, 2.75) is 12.5 Å². The maximum atomic E-state index is 11.8. The minimum absolute atomic E-state index is 0.193. The van der Waals surface area contributed by atoms with Gasteiger partial charge in [0.2, 0.25) is 0 Å². The van der Waals surface area contributed by atoms with E-state index in [-0.39, 0.29) is 5.15 Å². The van der Waals surface area contributed by atoms with Crippen molar-refractivity contribution in [3.8, 4) is 0 Å².